The van der Waals surface area contributed by atoms with Crippen LogP contribution in [0, 0.1) is 0 Å². The molecule has 0 radical (unpaired) electrons. The number of Topliss-reactive ketones (excluding diaryl/α,β-unsaturated/α-hetero) is 2. The van der Waals surface area contributed by atoms with Gasteiger partial charge in [0.05, 0.1) is 18.4 Å². The second-order valence-corrected chi connectivity index (χ2v) is 6.83. The van der Waals surface area contributed by atoms with Crippen molar-refractivity contribution < 1.29 is 14.3 Å². The maximum absolute atomic E-state index is 12.4. The SMILES string of the molecule is C=Cc1ccc(-c2ccc(C(=O)CC(=O)c3ccc(OC)cc3)s2)cc1. The molecule has 3 nitrogen and oxygen atoms in total. The van der Waals surface area contributed by atoms with Crippen molar-refractivity contribution in [1.82, 2.24) is 0 Å². The molecule has 0 aliphatic carbocycles. The molecule has 3 aromatic rings. The summed E-state index contributed by atoms with van der Waals surface area (Å²) < 4.78 is 5.08. The lowest BCUT2D eigenvalue weighted by molar-refractivity contribution is 0.0896. The molecule has 1 heterocycles. The molecule has 0 amide bonds. The lowest BCUT2D eigenvalue weighted by Gasteiger charge is -2.02. The third-order valence-corrected chi connectivity index (χ3v) is 5.22. The third kappa shape index (κ3) is 3.98. The Bertz CT molecular complexity index is 934. The van der Waals surface area contributed by atoms with E-state index in [2.05, 4.69) is 6.58 Å². The van der Waals surface area contributed by atoms with Crippen LogP contribution in [0.1, 0.15) is 32.0 Å². The molecule has 0 bridgehead atoms. The van der Waals surface area contributed by atoms with E-state index >= 15 is 0 Å². The molecule has 0 aliphatic rings. The molecule has 0 saturated carbocycles. The number of thiophene rings is 1. The zero-order valence-electron chi connectivity index (χ0n) is 14.4. The minimum atomic E-state index is -0.192. The van der Waals surface area contributed by atoms with Crippen molar-refractivity contribution in [3.63, 3.8) is 0 Å². The first kappa shape index (κ1) is 17.8. The highest BCUT2D eigenvalue weighted by atomic mass is 32.1. The third-order valence-electron chi connectivity index (χ3n) is 4.04. The van der Waals surface area contributed by atoms with Gasteiger partial charge < -0.3 is 4.74 Å². The van der Waals surface area contributed by atoms with Crippen LogP contribution >= 0.6 is 11.3 Å². The number of rotatable bonds is 7. The van der Waals surface area contributed by atoms with Crippen LogP contribution in [0.2, 0.25) is 0 Å². The lowest BCUT2D eigenvalue weighted by atomic mass is 10.1. The maximum atomic E-state index is 12.4. The molecular weight excluding hydrogens is 344 g/mol. The van der Waals surface area contributed by atoms with Crippen molar-refractivity contribution in [2.24, 2.45) is 0 Å². The van der Waals surface area contributed by atoms with Gasteiger partial charge >= 0.3 is 0 Å². The summed E-state index contributed by atoms with van der Waals surface area (Å²) in [4.78, 5) is 26.4. The number of carbonyl (C=O) groups excluding carboxylic acids is 2. The van der Waals surface area contributed by atoms with E-state index in [1.54, 1.807) is 43.5 Å². The number of hydrogen-bond acceptors (Lipinski definition) is 4. The van der Waals surface area contributed by atoms with Crippen LogP contribution in [-0.2, 0) is 0 Å². The van der Waals surface area contributed by atoms with Gasteiger partial charge in [0.15, 0.2) is 11.6 Å². The highest BCUT2D eigenvalue weighted by Crippen LogP contribution is 2.29. The summed E-state index contributed by atoms with van der Waals surface area (Å²) in [6.07, 6.45) is 1.65. The second-order valence-electron chi connectivity index (χ2n) is 5.74. The minimum Gasteiger partial charge on any atom is -0.497 e. The standard InChI is InChI=1S/C22H18O3S/c1-3-15-4-6-17(7-5-15)21-12-13-22(26-21)20(24)14-19(23)16-8-10-18(25-2)11-9-16/h3-13H,1,14H2,2H3. The van der Waals surface area contributed by atoms with E-state index in [9.17, 15) is 9.59 Å². The fourth-order valence-electron chi connectivity index (χ4n) is 2.54. The molecule has 0 atom stereocenters. The van der Waals surface area contributed by atoms with E-state index < -0.39 is 0 Å². The molecule has 2 aromatic carbocycles. The quantitative estimate of drug-likeness (QED) is 0.410. The molecule has 0 unspecified atom stereocenters. The molecule has 130 valence electrons. The molecule has 0 fully saturated rings. The van der Waals surface area contributed by atoms with Crippen molar-refractivity contribution in [1.29, 1.82) is 0 Å². The monoisotopic (exact) mass is 362 g/mol. The lowest BCUT2D eigenvalue weighted by Crippen LogP contribution is -2.07. The van der Waals surface area contributed by atoms with E-state index in [4.69, 9.17) is 4.74 Å². The van der Waals surface area contributed by atoms with Crippen molar-refractivity contribution in [3.8, 4) is 16.2 Å². The first-order chi connectivity index (χ1) is 12.6. The van der Waals surface area contributed by atoms with Crippen LogP contribution in [0.3, 0.4) is 0 Å². The summed E-state index contributed by atoms with van der Waals surface area (Å²) in [6, 6.07) is 18.4. The molecule has 26 heavy (non-hydrogen) atoms. The van der Waals surface area contributed by atoms with Crippen LogP contribution in [0.4, 0.5) is 0 Å². The number of methoxy groups -OCH3 is 1. The van der Waals surface area contributed by atoms with Gasteiger partial charge in [0.2, 0.25) is 0 Å². The Kier molecular flexibility index (Phi) is 5.44. The van der Waals surface area contributed by atoms with Gasteiger partial charge in [-0.2, -0.15) is 0 Å². The molecule has 4 heteroatoms. The van der Waals surface area contributed by atoms with Crippen molar-refractivity contribution in [3.05, 3.63) is 83.2 Å². The topological polar surface area (TPSA) is 43.4 Å². The van der Waals surface area contributed by atoms with Crippen LogP contribution in [0.5, 0.6) is 5.75 Å². The fourth-order valence-corrected chi connectivity index (χ4v) is 3.49. The number of benzene rings is 2. The highest BCUT2D eigenvalue weighted by Gasteiger charge is 2.16. The molecular formula is C22H18O3S. The number of hydrogen-bond donors (Lipinski definition) is 0. The summed E-state index contributed by atoms with van der Waals surface area (Å²) in [5.74, 6) is 0.325. The maximum Gasteiger partial charge on any atom is 0.180 e. The number of carbonyl (C=O) groups is 2. The van der Waals surface area contributed by atoms with Crippen molar-refractivity contribution in [2.75, 3.05) is 7.11 Å². The van der Waals surface area contributed by atoms with Crippen LogP contribution in [-0.4, -0.2) is 18.7 Å². The normalized spacial score (nSPS) is 10.3. The van der Waals surface area contributed by atoms with Gasteiger partial charge in [-0.1, -0.05) is 36.9 Å². The van der Waals surface area contributed by atoms with Gasteiger partial charge in [0.1, 0.15) is 5.75 Å². The Hall–Kier alpha value is -2.98. The Morgan fingerprint density at radius 3 is 2.27 bits per heavy atom. The summed E-state index contributed by atoms with van der Waals surface area (Å²) in [6.45, 7) is 3.74. The summed E-state index contributed by atoms with van der Waals surface area (Å²) in [5.41, 5.74) is 2.60. The van der Waals surface area contributed by atoms with Crippen LogP contribution in [0.15, 0.2) is 67.2 Å². The summed E-state index contributed by atoms with van der Waals surface area (Å²) >= 11 is 1.40. The van der Waals surface area contributed by atoms with Gasteiger partial charge in [0.25, 0.3) is 0 Å². The average molecular weight is 362 g/mol. The smallest absolute Gasteiger partial charge is 0.180 e. The zero-order valence-corrected chi connectivity index (χ0v) is 15.2. The molecule has 1 aromatic heterocycles. The molecule has 0 N–H and O–H groups in total. The average Bonchev–Trinajstić information content (AvgIpc) is 3.18. The van der Waals surface area contributed by atoms with E-state index in [1.165, 1.54) is 11.3 Å². The first-order valence-electron chi connectivity index (χ1n) is 8.14. The Labute approximate surface area is 156 Å². The van der Waals surface area contributed by atoms with Gasteiger partial charge in [-0.15, -0.1) is 11.3 Å². The predicted octanol–water partition coefficient (Wildman–Crippen LogP) is 5.52. The Morgan fingerprint density at radius 2 is 1.65 bits per heavy atom. The molecule has 0 spiro atoms. The number of ketones is 2. The fraction of sp³-hybridized carbons (Fsp3) is 0.0909. The first-order valence-corrected chi connectivity index (χ1v) is 8.95. The summed E-state index contributed by atoms with van der Waals surface area (Å²) in [5, 5.41) is 0. The second kappa shape index (κ2) is 7.93. The predicted molar refractivity (Wildman–Crippen MR) is 106 cm³/mol. The largest absolute Gasteiger partial charge is 0.497 e. The highest BCUT2D eigenvalue weighted by molar-refractivity contribution is 7.17. The van der Waals surface area contributed by atoms with Crippen molar-refractivity contribution in [2.45, 2.75) is 6.42 Å². The van der Waals surface area contributed by atoms with E-state index in [-0.39, 0.29) is 18.0 Å². The van der Waals surface area contributed by atoms with Gasteiger partial charge in [-0.05, 0) is 47.5 Å². The Balaban J connectivity index is 1.70. The van der Waals surface area contributed by atoms with Crippen LogP contribution < -0.4 is 4.74 Å². The number of ether oxygens (including phenoxy) is 1. The molecule has 0 aliphatic heterocycles. The van der Waals surface area contributed by atoms with Gasteiger partial charge in [-0.25, -0.2) is 0 Å². The van der Waals surface area contributed by atoms with E-state index in [0.717, 1.165) is 16.0 Å². The van der Waals surface area contributed by atoms with Gasteiger partial charge in [0, 0.05) is 10.4 Å². The summed E-state index contributed by atoms with van der Waals surface area (Å²) in [7, 11) is 1.57. The van der Waals surface area contributed by atoms with E-state index in [0.29, 0.717) is 16.2 Å². The van der Waals surface area contributed by atoms with Crippen LogP contribution in [0.25, 0.3) is 16.5 Å². The Morgan fingerprint density at radius 1 is 0.962 bits per heavy atom. The van der Waals surface area contributed by atoms with Crippen molar-refractivity contribution >= 4 is 29.0 Å². The van der Waals surface area contributed by atoms with E-state index in [1.807, 2.05) is 30.3 Å². The zero-order chi connectivity index (χ0) is 18.5. The molecule has 3 rings (SSSR count). The van der Waals surface area contributed by atoms with Gasteiger partial charge in [-0.3, -0.25) is 9.59 Å². The minimum absolute atomic E-state index is 0.137. The molecule has 0 saturated heterocycles.